The minimum Gasteiger partial charge on any atom is -0.393 e. The summed E-state index contributed by atoms with van der Waals surface area (Å²) in [6.07, 6.45) is 7.46. The second-order valence-corrected chi connectivity index (χ2v) is 5.32. The molecule has 1 aliphatic heterocycles. The fourth-order valence-corrected chi connectivity index (χ4v) is 3.07. The Morgan fingerprint density at radius 3 is 2.50 bits per heavy atom. The molecule has 0 radical (unpaired) electrons. The molecule has 2 rings (SSSR count). The second kappa shape index (κ2) is 5.99. The summed E-state index contributed by atoms with van der Waals surface area (Å²) >= 11 is 0. The number of piperidine rings is 1. The maximum absolute atomic E-state index is 9.76. The summed E-state index contributed by atoms with van der Waals surface area (Å²) in [7, 11) is 1.81. The Kier molecular flexibility index (Phi) is 4.62. The first-order valence-corrected chi connectivity index (χ1v) is 6.73. The first kappa shape index (κ1) is 12.3. The Bertz CT molecular complexity index is 202. The highest BCUT2D eigenvalue weighted by Crippen LogP contribution is 2.28. The molecule has 1 saturated heterocycles. The van der Waals surface area contributed by atoms with Crippen LogP contribution in [0.4, 0.5) is 0 Å². The number of hydrogen-bond donors (Lipinski definition) is 1. The van der Waals surface area contributed by atoms with Crippen LogP contribution in [0.3, 0.4) is 0 Å². The van der Waals surface area contributed by atoms with Gasteiger partial charge < -0.3 is 14.7 Å². The van der Waals surface area contributed by atoms with Gasteiger partial charge in [-0.25, -0.2) is 0 Å². The second-order valence-electron chi connectivity index (χ2n) is 5.32. The summed E-state index contributed by atoms with van der Waals surface area (Å²) in [4.78, 5) is 2.53. The number of rotatable bonds is 4. The van der Waals surface area contributed by atoms with Gasteiger partial charge in [0.25, 0.3) is 0 Å². The van der Waals surface area contributed by atoms with E-state index < -0.39 is 0 Å². The summed E-state index contributed by atoms with van der Waals surface area (Å²) in [5, 5.41) is 9.76. The standard InChI is InChI=1S/C13H25NO2/c1-16-12-6-9-14(10-7-12)8-5-11-3-2-4-13(11)15/h11-13,15H,2-10H2,1H3. The third-order valence-corrected chi connectivity index (χ3v) is 4.30. The third kappa shape index (κ3) is 3.19. The quantitative estimate of drug-likeness (QED) is 0.792. The third-order valence-electron chi connectivity index (χ3n) is 4.30. The fraction of sp³-hybridized carbons (Fsp3) is 1.00. The van der Waals surface area contributed by atoms with Crippen molar-refractivity contribution in [3.8, 4) is 0 Å². The monoisotopic (exact) mass is 227 g/mol. The lowest BCUT2D eigenvalue weighted by molar-refractivity contribution is 0.0368. The lowest BCUT2D eigenvalue weighted by atomic mass is 10.0. The summed E-state index contributed by atoms with van der Waals surface area (Å²) in [5.74, 6) is 0.570. The molecule has 0 aromatic rings. The lowest BCUT2D eigenvalue weighted by Crippen LogP contribution is -2.38. The number of nitrogens with zero attached hydrogens (tertiary/aromatic N) is 1. The van der Waals surface area contributed by atoms with Gasteiger partial charge in [-0.05, 0) is 44.6 Å². The van der Waals surface area contributed by atoms with E-state index in [1.165, 1.54) is 45.2 Å². The molecule has 0 aromatic heterocycles. The molecular weight excluding hydrogens is 202 g/mol. The number of likely N-dealkylation sites (tertiary alicyclic amines) is 1. The van der Waals surface area contributed by atoms with Crippen LogP contribution in [0.1, 0.15) is 38.5 Å². The molecule has 0 aromatic carbocycles. The molecule has 0 spiro atoms. The van der Waals surface area contributed by atoms with E-state index in [2.05, 4.69) is 4.90 Å². The van der Waals surface area contributed by atoms with Crippen LogP contribution in [0, 0.1) is 5.92 Å². The fourth-order valence-electron chi connectivity index (χ4n) is 3.07. The molecule has 2 atom stereocenters. The van der Waals surface area contributed by atoms with E-state index in [0.717, 1.165) is 13.0 Å². The van der Waals surface area contributed by atoms with Gasteiger partial charge in [0.1, 0.15) is 0 Å². The van der Waals surface area contributed by atoms with Gasteiger partial charge in [0.15, 0.2) is 0 Å². The molecule has 2 aliphatic rings. The average molecular weight is 227 g/mol. The van der Waals surface area contributed by atoms with Crippen LogP contribution in [0.5, 0.6) is 0 Å². The van der Waals surface area contributed by atoms with E-state index in [4.69, 9.17) is 4.74 Å². The Morgan fingerprint density at radius 1 is 1.19 bits per heavy atom. The number of aliphatic hydroxyl groups is 1. The van der Waals surface area contributed by atoms with Crippen LogP contribution in [0.25, 0.3) is 0 Å². The van der Waals surface area contributed by atoms with Crippen molar-refractivity contribution in [2.45, 2.75) is 50.7 Å². The molecule has 3 nitrogen and oxygen atoms in total. The van der Waals surface area contributed by atoms with Gasteiger partial charge >= 0.3 is 0 Å². The zero-order valence-electron chi connectivity index (χ0n) is 10.4. The van der Waals surface area contributed by atoms with Crippen LogP contribution >= 0.6 is 0 Å². The van der Waals surface area contributed by atoms with Crippen molar-refractivity contribution in [2.75, 3.05) is 26.7 Å². The van der Waals surface area contributed by atoms with Gasteiger partial charge in [0.05, 0.1) is 12.2 Å². The molecule has 16 heavy (non-hydrogen) atoms. The largest absolute Gasteiger partial charge is 0.393 e. The zero-order chi connectivity index (χ0) is 11.4. The predicted molar refractivity (Wildman–Crippen MR) is 64.4 cm³/mol. The maximum Gasteiger partial charge on any atom is 0.0595 e. The first-order valence-electron chi connectivity index (χ1n) is 6.73. The topological polar surface area (TPSA) is 32.7 Å². The van der Waals surface area contributed by atoms with Gasteiger partial charge in [-0.1, -0.05) is 6.42 Å². The van der Waals surface area contributed by atoms with Crippen LogP contribution in [0.15, 0.2) is 0 Å². The number of methoxy groups -OCH3 is 1. The Labute approximate surface area is 98.8 Å². The molecule has 2 unspecified atom stereocenters. The molecular formula is C13H25NO2. The van der Waals surface area contributed by atoms with E-state index in [9.17, 15) is 5.11 Å². The molecule has 2 fully saturated rings. The van der Waals surface area contributed by atoms with Crippen LogP contribution < -0.4 is 0 Å². The minimum atomic E-state index is -0.0171. The Morgan fingerprint density at radius 2 is 1.94 bits per heavy atom. The SMILES string of the molecule is COC1CCN(CCC2CCCC2O)CC1. The summed E-state index contributed by atoms with van der Waals surface area (Å²) < 4.78 is 5.37. The highest BCUT2D eigenvalue weighted by Gasteiger charge is 2.26. The molecule has 0 bridgehead atoms. The highest BCUT2D eigenvalue weighted by atomic mass is 16.5. The van der Waals surface area contributed by atoms with Crippen molar-refractivity contribution in [3.63, 3.8) is 0 Å². The molecule has 1 saturated carbocycles. The predicted octanol–water partition coefficient (Wildman–Crippen LogP) is 1.65. The molecule has 94 valence electrons. The van der Waals surface area contributed by atoms with Gasteiger partial charge in [-0.2, -0.15) is 0 Å². The maximum atomic E-state index is 9.76. The van der Waals surface area contributed by atoms with Gasteiger partial charge in [0.2, 0.25) is 0 Å². The van der Waals surface area contributed by atoms with E-state index in [-0.39, 0.29) is 6.10 Å². The molecule has 1 heterocycles. The van der Waals surface area contributed by atoms with Crippen molar-refractivity contribution in [1.82, 2.24) is 4.90 Å². The number of hydrogen-bond acceptors (Lipinski definition) is 3. The molecule has 1 aliphatic carbocycles. The van der Waals surface area contributed by atoms with Crippen molar-refractivity contribution < 1.29 is 9.84 Å². The van der Waals surface area contributed by atoms with Crippen LogP contribution in [0.2, 0.25) is 0 Å². The van der Waals surface area contributed by atoms with Crippen molar-refractivity contribution in [1.29, 1.82) is 0 Å². The van der Waals surface area contributed by atoms with E-state index >= 15 is 0 Å². The summed E-state index contributed by atoms with van der Waals surface area (Å²) in [5.41, 5.74) is 0. The lowest BCUT2D eigenvalue weighted by Gasteiger charge is -2.32. The van der Waals surface area contributed by atoms with Crippen molar-refractivity contribution in [2.24, 2.45) is 5.92 Å². The normalized spacial score (nSPS) is 33.4. The molecule has 3 heteroatoms. The van der Waals surface area contributed by atoms with E-state index in [1.54, 1.807) is 0 Å². The van der Waals surface area contributed by atoms with Crippen LogP contribution in [-0.2, 0) is 4.74 Å². The Balaban J connectivity index is 1.63. The molecule has 0 amide bonds. The minimum absolute atomic E-state index is 0.0171. The van der Waals surface area contributed by atoms with Gasteiger partial charge in [-0.3, -0.25) is 0 Å². The number of aliphatic hydroxyl groups excluding tert-OH is 1. The first-order chi connectivity index (χ1) is 7.79. The van der Waals surface area contributed by atoms with Gasteiger partial charge in [-0.15, -0.1) is 0 Å². The zero-order valence-corrected chi connectivity index (χ0v) is 10.4. The van der Waals surface area contributed by atoms with Gasteiger partial charge in [0, 0.05) is 20.2 Å². The summed E-state index contributed by atoms with van der Waals surface area (Å²) in [6.45, 7) is 3.50. The molecule has 1 N–H and O–H groups in total. The van der Waals surface area contributed by atoms with Crippen LogP contribution in [-0.4, -0.2) is 49.0 Å². The van der Waals surface area contributed by atoms with Crippen molar-refractivity contribution >= 4 is 0 Å². The average Bonchev–Trinajstić information content (AvgIpc) is 2.73. The van der Waals surface area contributed by atoms with Crippen molar-refractivity contribution in [3.05, 3.63) is 0 Å². The van der Waals surface area contributed by atoms with E-state index in [1.807, 2.05) is 7.11 Å². The smallest absolute Gasteiger partial charge is 0.0595 e. The number of ether oxygens (including phenoxy) is 1. The van der Waals surface area contributed by atoms with E-state index in [0.29, 0.717) is 12.0 Å². The summed E-state index contributed by atoms with van der Waals surface area (Å²) in [6, 6.07) is 0. The Hall–Kier alpha value is -0.120. The highest BCUT2D eigenvalue weighted by molar-refractivity contribution is 4.79.